The number of aromatic nitrogens is 1. The number of fused-ring (bicyclic) bond motifs is 1. The Bertz CT molecular complexity index is 1540. The molecule has 10 nitrogen and oxygen atoms in total. The number of nitrogens with two attached hydrogens (primary N) is 2. The maximum atomic E-state index is 13.4. The molecule has 10 heteroatoms. The minimum absolute atomic E-state index is 0.108. The molecule has 5 rings (SSSR count). The summed E-state index contributed by atoms with van der Waals surface area (Å²) in [5.74, 6) is -0.464. The number of unbranched alkanes of at least 4 members (excludes halogenated alkanes) is 1. The van der Waals surface area contributed by atoms with E-state index in [2.05, 4.69) is 15.6 Å². The van der Waals surface area contributed by atoms with Crippen LogP contribution in [0.1, 0.15) is 73.0 Å². The second-order valence-corrected chi connectivity index (χ2v) is 11.9. The number of hydrogen-bond donors (Lipinski definition) is 5. The highest BCUT2D eigenvalue weighted by Crippen LogP contribution is 2.26. The molecular formula is C35H44N6O4. The Labute approximate surface area is 263 Å². The van der Waals surface area contributed by atoms with E-state index in [-0.39, 0.29) is 23.8 Å². The van der Waals surface area contributed by atoms with Gasteiger partial charge in [0.1, 0.15) is 6.04 Å². The third-order valence-corrected chi connectivity index (χ3v) is 8.61. The quantitative estimate of drug-likeness (QED) is 0.128. The molecule has 0 unspecified atom stereocenters. The van der Waals surface area contributed by atoms with Gasteiger partial charge in [-0.1, -0.05) is 49.6 Å². The Morgan fingerprint density at radius 2 is 1.73 bits per heavy atom. The number of carbonyl (C=O) groups excluding carboxylic acids is 3. The van der Waals surface area contributed by atoms with Crippen molar-refractivity contribution in [3.63, 3.8) is 0 Å². The first-order valence-electron chi connectivity index (χ1n) is 16.0. The van der Waals surface area contributed by atoms with Gasteiger partial charge in [0.05, 0.1) is 12.3 Å². The van der Waals surface area contributed by atoms with Crippen LogP contribution in [0.2, 0.25) is 0 Å². The molecule has 3 amide bonds. The summed E-state index contributed by atoms with van der Waals surface area (Å²) in [6.07, 6.45) is 11.0. The minimum atomic E-state index is -0.815. The van der Waals surface area contributed by atoms with Crippen molar-refractivity contribution in [3.8, 4) is 0 Å². The number of carbonyl (C=O) groups is 3. The van der Waals surface area contributed by atoms with Crippen LogP contribution in [0.4, 0.5) is 5.69 Å². The van der Waals surface area contributed by atoms with Gasteiger partial charge in [0.2, 0.25) is 11.8 Å². The molecule has 2 heterocycles. The van der Waals surface area contributed by atoms with E-state index < -0.39 is 12.1 Å². The second-order valence-electron chi connectivity index (χ2n) is 11.9. The topological polar surface area (TPSA) is 159 Å². The molecule has 0 aliphatic heterocycles. The van der Waals surface area contributed by atoms with Crippen LogP contribution in [-0.2, 0) is 22.6 Å². The van der Waals surface area contributed by atoms with Crippen LogP contribution in [0.25, 0.3) is 10.9 Å². The van der Waals surface area contributed by atoms with Crippen LogP contribution < -0.4 is 22.1 Å². The van der Waals surface area contributed by atoms with Crippen molar-refractivity contribution in [1.29, 1.82) is 0 Å². The normalized spacial score (nSPS) is 15.0. The fourth-order valence-corrected chi connectivity index (χ4v) is 6.09. The maximum Gasteiger partial charge on any atom is 0.290 e. The highest BCUT2D eigenvalue weighted by molar-refractivity contribution is 5.98. The summed E-state index contributed by atoms with van der Waals surface area (Å²) in [4.78, 5) is 44.9. The smallest absolute Gasteiger partial charge is 0.290 e. The van der Waals surface area contributed by atoms with Crippen molar-refractivity contribution in [2.24, 2.45) is 11.5 Å². The summed E-state index contributed by atoms with van der Waals surface area (Å²) in [5.41, 5.74) is 15.5. The zero-order valence-electron chi connectivity index (χ0n) is 25.7. The Balaban J connectivity index is 1.21. The van der Waals surface area contributed by atoms with E-state index in [1.54, 1.807) is 12.1 Å². The molecule has 2 aromatic carbocycles. The van der Waals surface area contributed by atoms with E-state index in [4.69, 9.17) is 15.9 Å². The number of benzene rings is 2. The maximum absolute atomic E-state index is 13.4. The lowest BCUT2D eigenvalue weighted by Gasteiger charge is -2.34. The average molecular weight is 613 g/mol. The standard InChI is InChI=1S/C35H44N6O4/c36-19-7-6-13-31(40-33(42)29(37)21-25-22-38-30-12-5-4-11-28(25)30)34(43)39-26-17-15-24(16-18-26)23-41(27-9-2-1-3-10-27)35(44)32-14-8-20-45-32/h4-5,8,11-12,14-18,20,22,27,29,31,38H,1-3,6-7,9-10,13,19,21,23,36-37H2,(H,39,43)(H,40,42)/t29-,31-/m0/s1. The van der Waals surface area contributed by atoms with E-state index >= 15 is 0 Å². The second kappa shape index (κ2) is 15.5. The van der Waals surface area contributed by atoms with Crippen molar-refractivity contribution < 1.29 is 18.8 Å². The molecule has 1 fully saturated rings. The molecule has 1 aliphatic carbocycles. The van der Waals surface area contributed by atoms with Gasteiger partial charge >= 0.3 is 0 Å². The molecule has 0 spiro atoms. The Morgan fingerprint density at radius 1 is 0.956 bits per heavy atom. The van der Waals surface area contributed by atoms with Gasteiger partial charge in [-0.2, -0.15) is 0 Å². The van der Waals surface area contributed by atoms with Crippen LogP contribution in [0.3, 0.4) is 0 Å². The highest BCUT2D eigenvalue weighted by atomic mass is 16.3. The predicted octanol–water partition coefficient (Wildman–Crippen LogP) is 4.86. The summed E-state index contributed by atoms with van der Waals surface area (Å²) < 4.78 is 5.43. The van der Waals surface area contributed by atoms with Crippen molar-refractivity contribution in [2.75, 3.05) is 11.9 Å². The van der Waals surface area contributed by atoms with Gasteiger partial charge in [0.15, 0.2) is 5.76 Å². The van der Waals surface area contributed by atoms with Crippen LogP contribution >= 0.6 is 0 Å². The first kappa shape index (κ1) is 32.0. The third kappa shape index (κ3) is 8.40. The SMILES string of the molecule is NCCCC[C@H](NC(=O)[C@@H](N)Cc1c[nH]c2ccccc12)C(=O)Nc1ccc(CN(C(=O)c2ccco2)C2CCCCC2)cc1. The number of furan rings is 1. The number of rotatable bonds is 14. The lowest BCUT2D eigenvalue weighted by molar-refractivity contribution is -0.127. The summed E-state index contributed by atoms with van der Waals surface area (Å²) in [6.45, 7) is 0.953. The van der Waals surface area contributed by atoms with Crippen LogP contribution in [-0.4, -0.2) is 52.3 Å². The van der Waals surface area contributed by atoms with Gasteiger partial charge in [-0.05, 0) is 86.5 Å². The first-order chi connectivity index (χ1) is 21.9. The molecule has 2 aromatic heterocycles. The van der Waals surface area contributed by atoms with Gasteiger partial charge in [0.25, 0.3) is 5.91 Å². The van der Waals surface area contributed by atoms with Gasteiger partial charge in [-0.25, -0.2) is 0 Å². The minimum Gasteiger partial charge on any atom is -0.459 e. The van der Waals surface area contributed by atoms with Gasteiger partial charge in [-0.15, -0.1) is 0 Å². The van der Waals surface area contributed by atoms with Crippen LogP contribution in [0.15, 0.2) is 77.5 Å². The van der Waals surface area contributed by atoms with Crippen molar-refractivity contribution in [1.82, 2.24) is 15.2 Å². The molecular weight excluding hydrogens is 568 g/mol. The fraction of sp³-hybridized carbons (Fsp3) is 0.400. The van der Waals surface area contributed by atoms with Gasteiger partial charge < -0.3 is 36.4 Å². The molecule has 0 saturated heterocycles. The number of anilines is 1. The lowest BCUT2D eigenvalue weighted by atomic mass is 9.93. The lowest BCUT2D eigenvalue weighted by Crippen LogP contribution is -2.50. The number of nitrogens with zero attached hydrogens (tertiary/aromatic N) is 1. The van der Waals surface area contributed by atoms with E-state index in [1.165, 1.54) is 12.7 Å². The summed E-state index contributed by atoms with van der Waals surface area (Å²) in [6, 6.07) is 17.4. The number of amides is 3. The Kier molecular flexibility index (Phi) is 11.1. The molecule has 1 saturated carbocycles. The number of nitrogens with one attached hydrogen (secondary N) is 3. The Hall–Kier alpha value is -4.41. The first-order valence-corrected chi connectivity index (χ1v) is 16.0. The average Bonchev–Trinajstić information content (AvgIpc) is 3.75. The zero-order valence-corrected chi connectivity index (χ0v) is 25.7. The fourth-order valence-electron chi connectivity index (χ4n) is 6.09. The largest absolute Gasteiger partial charge is 0.459 e. The number of hydrogen-bond acceptors (Lipinski definition) is 6. The molecule has 4 aromatic rings. The van der Waals surface area contributed by atoms with Gasteiger partial charge in [0, 0.05) is 35.4 Å². The number of H-pyrrole nitrogens is 1. The number of para-hydroxylation sites is 1. The summed E-state index contributed by atoms with van der Waals surface area (Å²) in [5, 5.41) is 6.84. The molecule has 2 atom stereocenters. The summed E-state index contributed by atoms with van der Waals surface area (Å²) in [7, 11) is 0. The zero-order chi connectivity index (χ0) is 31.6. The van der Waals surface area contributed by atoms with E-state index in [0.717, 1.165) is 54.1 Å². The van der Waals surface area contributed by atoms with Gasteiger partial charge in [-0.3, -0.25) is 14.4 Å². The number of aromatic amines is 1. The molecule has 0 radical (unpaired) electrons. The Morgan fingerprint density at radius 3 is 2.47 bits per heavy atom. The third-order valence-electron chi connectivity index (χ3n) is 8.61. The van der Waals surface area contributed by atoms with Crippen molar-refractivity contribution >= 4 is 34.3 Å². The summed E-state index contributed by atoms with van der Waals surface area (Å²) >= 11 is 0. The molecule has 238 valence electrons. The van der Waals surface area contributed by atoms with Crippen LogP contribution in [0, 0.1) is 0 Å². The van der Waals surface area contributed by atoms with Crippen molar-refractivity contribution in [3.05, 3.63) is 90.0 Å². The molecule has 0 bridgehead atoms. The van der Waals surface area contributed by atoms with Crippen molar-refractivity contribution in [2.45, 2.75) is 82.5 Å². The molecule has 45 heavy (non-hydrogen) atoms. The molecule has 7 N–H and O–H groups in total. The van der Waals surface area contributed by atoms with E-state index in [9.17, 15) is 14.4 Å². The van der Waals surface area contributed by atoms with E-state index in [0.29, 0.717) is 43.8 Å². The van der Waals surface area contributed by atoms with Crippen LogP contribution in [0.5, 0.6) is 0 Å². The monoisotopic (exact) mass is 612 g/mol. The highest BCUT2D eigenvalue weighted by Gasteiger charge is 2.28. The van der Waals surface area contributed by atoms with E-state index in [1.807, 2.05) is 59.6 Å². The predicted molar refractivity (Wildman–Crippen MR) is 175 cm³/mol. The molecule has 1 aliphatic rings.